The molecule has 1 saturated carbocycles. The predicted molar refractivity (Wildman–Crippen MR) is 87.4 cm³/mol. The van der Waals surface area contributed by atoms with Crippen LogP contribution in [0.4, 0.5) is 0 Å². The van der Waals surface area contributed by atoms with E-state index in [1.54, 1.807) is 0 Å². The molecule has 4 rings (SSSR count). The summed E-state index contributed by atoms with van der Waals surface area (Å²) in [6.45, 7) is 14.1. The molecule has 0 aromatic rings. The van der Waals surface area contributed by atoms with E-state index < -0.39 is 0 Å². The minimum atomic E-state index is -0.0725. The van der Waals surface area contributed by atoms with Crippen molar-refractivity contribution in [1.29, 1.82) is 0 Å². The molecule has 0 amide bonds. The fourth-order valence-electron chi connectivity index (χ4n) is 5.19. The summed E-state index contributed by atoms with van der Waals surface area (Å²) < 4.78 is 24.2. The molecule has 23 heavy (non-hydrogen) atoms. The van der Waals surface area contributed by atoms with Gasteiger partial charge in [0.15, 0.2) is 0 Å². The fraction of sp³-hybridized carbons (Fsp3) is 1.00. The summed E-state index contributed by atoms with van der Waals surface area (Å²) in [5.41, 5.74) is 0.0265. The van der Waals surface area contributed by atoms with Gasteiger partial charge >= 0.3 is 0 Å². The first kappa shape index (κ1) is 16.3. The summed E-state index contributed by atoms with van der Waals surface area (Å²) in [6, 6.07) is 0. The lowest BCUT2D eigenvalue weighted by Gasteiger charge is -2.43. The minimum Gasteiger partial charge on any atom is -0.375 e. The second-order valence-corrected chi connectivity index (χ2v) is 9.19. The minimum absolute atomic E-state index is 0.0437. The fourth-order valence-corrected chi connectivity index (χ4v) is 5.19. The number of hydrogen-bond donors (Lipinski definition) is 0. The zero-order chi connectivity index (χ0) is 16.6. The van der Waals surface area contributed by atoms with Crippen molar-refractivity contribution in [3.8, 4) is 0 Å². The third kappa shape index (κ3) is 2.66. The van der Waals surface area contributed by atoms with E-state index >= 15 is 0 Å². The Balaban J connectivity index is 1.47. The average molecular weight is 324 g/mol. The van der Waals surface area contributed by atoms with Crippen LogP contribution < -0.4 is 0 Å². The Morgan fingerprint density at radius 1 is 1.13 bits per heavy atom. The Kier molecular flexibility index (Phi) is 3.50. The molecule has 0 N–H and O–H groups in total. The van der Waals surface area contributed by atoms with Crippen molar-refractivity contribution in [1.82, 2.24) is 0 Å². The first-order valence-electron chi connectivity index (χ1n) is 9.33. The Labute approximate surface area is 140 Å². The Morgan fingerprint density at radius 3 is 2.30 bits per heavy atom. The molecule has 0 bridgehead atoms. The molecule has 1 spiro atoms. The molecule has 4 nitrogen and oxygen atoms in total. The molecule has 3 heterocycles. The van der Waals surface area contributed by atoms with Gasteiger partial charge in [-0.2, -0.15) is 0 Å². The van der Waals surface area contributed by atoms with Gasteiger partial charge in [0.25, 0.3) is 0 Å². The standard InChI is InChI=1S/C19H32O4/c1-11(2)21-13-7-8-19(10-20-19)16(12(13)3)18(6)15(23-18)9-14-17(4,5)22-14/h11-16H,7-10H2,1-6H3/t12-,13-,14+,15-,16?,18+,19+/m1/s1. The quantitative estimate of drug-likeness (QED) is 0.728. The third-order valence-corrected chi connectivity index (χ3v) is 6.68. The van der Waals surface area contributed by atoms with Crippen LogP contribution in [-0.4, -0.2) is 47.8 Å². The van der Waals surface area contributed by atoms with Crippen LogP contribution in [0.1, 0.15) is 60.8 Å². The van der Waals surface area contributed by atoms with Gasteiger partial charge in [0.05, 0.1) is 47.8 Å². The first-order valence-corrected chi connectivity index (χ1v) is 9.33. The van der Waals surface area contributed by atoms with Crippen molar-refractivity contribution in [3.63, 3.8) is 0 Å². The SMILES string of the molecule is CC(C)O[C@@H]1CC[C@]2(CO2)C([C@@]2(C)O[C@@H]2C[C@@H]2OC2(C)C)[C@@H]1C. The van der Waals surface area contributed by atoms with Crippen LogP contribution in [0.15, 0.2) is 0 Å². The Hall–Kier alpha value is -0.160. The molecule has 3 aliphatic heterocycles. The molecular weight excluding hydrogens is 292 g/mol. The van der Waals surface area contributed by atoms with Crippen molar-refractivity contribution < 1.29 is 18.9 Å². The van der Waals surface area contributed by atoms with Crippen molar-refractivity contribution in [2.45, 2.75) is 102 Å². The maximum Gasteiger partial charge on any atom is 0.0981 e. The largest absolute Gasteiger partial charge is 0.375 e. The van der Waals surface area contributed by atoms with Crippen LogP contribution in [0.5, 0.6) is 0 Å². The summed E-state index contributed by atoms with van der Waals surface area (Å²) in [7, 11) is 0. The van der Waals surface area contributed by atoms with Gasteiger partial charge in [-0.05, 0) is 53.4 Å². The third-order valence-electron chi connectivity index (χ3n) is 6.68. The summed E-state index contributed by atoms with van der Waals surface area (Å²) in [5.74, 6) is 0.899. The summed E-state index contributed by atoms with van der Waals surface area (Å²) in [6.07, 6.45) is 4.49. The van der Waals surface area contributed by atoms with E-state index in [4.69, 9.17) is 18.9 Å². The summed E-state index contributed by atoms with van der Waals surface area (Å²) in [5, 5.41) is 0. The van der Waals surface area contributed by atoms with Crippen LogP contribution in [-0.2, 0) is 18.9 Å². The lowest BCUT2D eigenvalue weighted by Crippen LogP contribution is -2.50. The van der Waals surface area contributed by atoms with E-state index in [-0.39, 0.29) is 22.9 Å². The first-order chi connectivity index (χ1) is 10.7. The molecule has 4 heteroatoms. The highest BCUT2D eigenvalue weighted by atomic mass is 16.6. The van der Waals surface area contributed by atoms with Gasteiger partial charge in [0.2, 0.25) is 0 Å². The molecule has 1 aliphatic carbocycles. The zero-order valence-corrected chi connectivity index (χ0v) is 15.4. The monoisotopic (exact) mass is 324 g/mol. The van der Waals surface area contributed by atoms with Crippen molar-refractivity contribution in [2.24, 2.45) is 11.8 Å². The molecule has 0 aromatic heterocycles. The van der Waals surface area contributed by atoms with Crippen LogP contribution in [0, 0.1) is 11.8 Å². The molecule has 0 aromatic carbocycles. The van der Waals surface area contributed by atoms with E-state index in [1.165, 1.54) is 0 Å². The Bertz CT molecular complexity index is 484. The van der Waals surface area contributed by atoms with Gasteiger partial charge in [0.1, 0.15) is 0 Å². The maximum absolute atomic E-state index is 6.27. The summed E-state index contributed by atoms with van der Waals surface area (Å²) >= 11 is 0. The molecule has 0 radical (unpaired) electrons. The topological polar surface area (TPSA) is 46.8 Å². The van der Waals surface area contributed by atoms with E-state index in [9.17, 15) is 0 Å². The smallest absolute Gasteiger partial charge is 0.0981 e. The van der Waals surface area contributed by atoms with Gasteiger partial charge in [-0.1, -0.05) is 6.92 Å². The lowest BCUT2D eigenvalue weighted by atomic mass is 9.64. The van der Waals surface area contributed by atoms with Crippen LogP contribution in [0.2, 0.25) is 0 Å². The molecule has 4 fully saturated rings. The second kappa shape index (κ2) is 4.94. The van der Waals surface area contributed by atoms with Gasteiger partial charge in [0, 0.05) is 12.3 Å². The van der Waals surface area contributed by atoms with E-state index in [0.29, 0.717) is 30.1 Å². The van der Waals surface area contributed by atoms with Gasteiger partial charge in [-0.15, -0.1) is 0 Å². The molecule has 4 aliphatic rings. The van der Waals surface area contributed by atoms with Crippen molar-refractivity contribution in [2.75, 3.05) is 6.61 Å². The van der Waals surface area contributed by atoms with Crippen LogP contribution in [0.3, 0.4) is 0 Å². The molecule has 3 saturated heterocycles. The molecule has 7 atom stereocenters. The van der Waals surface area contributed by atoms with Crippen molar-refractivity contribution in [3.05, 3.63) is 0 Å². The molecule has 132 valence electrons. The van der Waals surface area contributed by atoms with Gasteiger partial charge in [-0.3, -0.25) is 0 Å². The van der Waals surface area contributed by atoms with E-state index in [1.807, 2.05) is 0 Å². The van der Waals surface area contributed by atoms with Crippen molar-refractivity contribution >= 4 is 0 Å². The molecule has 1 unspecified atom stereocenters. The summed E-state index contributed by atoms with van der Waals surface area (Å²) in [4.78, 5) is 0. The highest BCUT2D eigenvalue weighted by molar-refractivity contribution is 5.19. The lowest BCUT2D eigenvalue weighted by molar-refractivity contribution is -0.0930. The van der Waals surface area contributed by atoms with E-state index in [2.05, 4.69) is 41.5 Å². The number of hydrogen-bond acceptors (Lipinski definition) is 4. The number of epoxide rings is 3. The zero-order valence-electron chi connectivity index (χ0n) is 15.4. The number of rotatable bonds is 5. The second-order valence-electron chi connectivity index (χ2n) is 9.19. The van der Waals surface area contributed by atoms with Crippen LogP contribution >= 0.6 is 0 Å². The van der Waals surface area contributed by atoms with Gasteiger partial charge in [-0.25, -0.2) is 0 Å². The highest BCUT2D eigenvalue weighted by Crippen LogP contribution is 2.61. The normalized spacial score (nSPS) is 53.6. The number of ether oxygens (including phenoxy) is 4. The Morgan fingerprint density at radius 2 is 1.78 bits per heavy atom. The average Bonchev–Trinajstić information content (AvgIpc) is 3.36. The van der Waals surface area contributed by atoms with Gasteiger partial charge < -0.3 is 18.9 Å². The van der Waals surface area contributed by atoms with E-state index in [0.717, 1.165) is 25.9 Å². The predicted octanol–water partition coefficient (Wildman–Crippen LogP) is 3.32. The van der Waals surface area contributed by atoms with Crippen LogP contribution in [0.25, 0.3) is 0 Å². The maximum atomic E-state index is 6.27. The molecular formula is C19H32O4. The highest BCUT2D eigenvalue weighted by Gasteiger charge is 2.72.